The number of Topliss-reactive ketones (excluding diaryl/α,β-unsaturated/α-hetero) is 1. The summed E-state index contributed by atoms with van der Waals surface area (Å²) in [6, 6.07) is 6.76. The molecule has 0 bridgehead atoms. The van der Waals surface area contributed by atoms with E-state index in [9.17, 15) is 13.6 Å². The third-order valence-electron chi connectivity index (χ3n) is 3.25. The van der Waals surface area contributed by atoms with Gasteiger partial charge in [-0.2, -0.15) is 0 Å². The normalized spacial score (nSPS) is 12.1. The number of benzene rings is 1. The first kappa shape index (κ1) is 17.6. The maximum Gasteiger partial charge on any atom is 0.206 e. The van der Waals surface area contributed by atoms with Crippen LogP contribution in [0.1, 0.15) is 23.0 Å². The molecule has 25 heavy (non-hydrogen) atoms. The summed E-state index contributed by atoms with van der Waals surface area (Å²) in [4.78, 5) is 12.3. The van der Waals surface area contributed by atoms with E-state index in [1.165, 1.54) is 29.2 Å². The lowest BCUT2D eigenvalue weighted by atomic mass is 10.1. The van der Waals surface area contributed by atoms with Gasteiger partial charge in [-0.3, -0.25) is 4.79 Å². The van der Waals surface area contributed by atoms with E-state index in [1.54, 1.807) is 19.3 Å². The van der Waals surface area contributed by atoms with Crippen LogP contribution in [-0.4, -0.2) is 21.2 Å². The van der Waals surface area contributed by atoms with Crippen molar-refractivity contribution in [3.63, 3.8) is 0 Å². The van der Waals surface area contributed by atoms with Crippen LogP contribution in [0.4, 0.5) is 13.9 Å². The second-order valence-corrected chi connectivity index (χ2v) is 7.62. The number of ketones is 1. The van der Waals surface area contributed by atoms with Crippen LogP contribution in [0.5, 0.6) is 0 Å². The zero-order valence-electron chi connectivity index (χ0n) is 13.0. The predicted molar refractivity (Wildman–Crippen MR) is 92.0 cm³/mol. The van der Waals surface area contributed by atoms with E-state index in [0.717, 1.165) is 17.9 Å². The van der Waals surface area contributed by atoms with Gasteiger partial charge in [0.1, 0.15) is 5.76 Å². The van der Waals surface area contributed by atoms with Gasteiger partial charge in [-0.1, -0.05) is 23.1 Å². The topological polar surface area (TPSA) is 68.0 Å². The van der Waals surface area contributed by atoms with Crippen LogP contribution in [0, 0.1) is 11.6 Å². The van der Waals surface area contributed by atoms with Gasteiger partial charge in [0.2, 0.25) is 5.13 Å². The highest BCUT2D eigenvalue weighted by Crippen LogP contribution is 2.30. The van der Waals surface area contributed by atoms with Crippen LogP contribution in [0.15, 0.2) is 45.4 Å². The van der Waals surface area contributed by atoms with Crippen molar-refractivity contribution in [1.82, 2.24) is 10.2 Å². The predicted octanol–water partition coefficient (Wildman–Crippen LogP) is 4.38. The number of thioether (sulfide) groups is 1. The molecule has 0 amide bonds. The number of aromatic nitrogens is 2. The van der Waals surface area contributed by atoms with Crippen molar-refractivity contribution in [2.75, 3.05) is 5.32 Å². The van der Waals surface area contributed by atoms with Gasteiger partial charge >= 0.3 is 0 Å². The maximum atomic E-state index is 13.3. The van der Waals surface area contributed by atoms with Gasteiger partial charge in [0, 0.05) is 5.56 Å². The Morgan fingerprint density at radius 2 is 2.16 bits per heavy atom. The minimum absolute atomic E-state index is 0.125. The van der Waals surface area contributed by atoms with Gasteiger partial charge < -0.3 is 9.73 Å². The Labute approximate surface area is 150 Å². The monoisotopic (exact) mass is 381 g/mol. The van der Waals surface area contributed by atoms with E-state index < -0.39 is 16.9 Å². The summed E-state index contributed by atoms with van der Waals surface area (Å²) < 4.78 is 32.0. The number of anilines is 1. The molecule has 0 aliphatic rings. The number of nitrogens with one attached hydrogen (secondary N) is 1. The van der Waals surface area contributed by atoms with Crippen molar-refractivity contribution >= 4 is 34.0 Å². The van der Waals surface area contributed by atoms with Crippen LogP contribution < -0.4 is 5.32 Å². The number of carbonyl (C=O) groups is 1. The van der Waals surface area contributed by atoms with Gasteiger partial charge in [-0.25, -0.2) is 8.78 Å². The number of furan rings is 1. The first-order valence-electron chi connectivity index (χ1n) is 7.28. The summed E-state index contributed by atoms with van der Waals surface area (Å²) >= 11 is 2.52. The summed E-state index contributed by atoms with van der Waals surface area (Å²) in [5.41, 5.74) is 0.125. The third-order valence-corrected chi connectivity index (χ3v) is 5.32. The van der Waals surface area contributed by atoms with E-state index in [0.29, 0.717) is 16.0 Å². The number of hydrogen-bond acceptors (Lipinski definition) is 7. The first-order valence-corrected chi connectivity index (χ1v) is 8.98. The molecule has 1 aromatic carbocycles. The molecular formula is C16H13F2N3O2S2. The van der Waals surface area contributed by atoms with E-state index in [1.807, 2.05) is 6.07 Å². The number of carbonyl (C=O) groups excluding carboxylic acids is 1. The molecule has 130 valence electrons. The zero-order chi connectivity index (χ0) is 17.8. The van der Waals surface area contributed by atoms with Crippen molar-refractivity contribution in [2.45, 2.75) is 23.1 Å². The Hall–Kier alpha value is -2.26. The molecule has 1 atom stereocenters. The molecule has 0 saturated carbocycles. The van der Waals surface area contributed by atoms with Crippen molar-refractivity contribution < 1.29 is 18.0 Å². The van der Waals surface area contributed by atoms with Crippen molar-refractivity contribution in [3.05, 3.63) is 59.6 Å². The van der Waals surface area contributed by atoms with E-state index in [2.05, 4.69) is 15.5 Å². The van der Waals surface area contributed by atoms with Gasteiger partial charge in [0.25, 0.3) is 0 Å². The minimum atomic E-state index is -1.04. The smallest absolute Gasteiger partial charge is 0.206 e. The van der Waals surface area contributed by atoms with Gasteiger partial charge in [-0.15, -0.1) is 10.2 Å². The Kier molecular flexibility index (Phi) is 5.44. The molecule has 2 aromatic heterocycles. The average Bonchev–Trinajstić information content (AvgIpc) is 3.26. The molecule has 9 heteroatoms. The summed E-state index contributed by atoms with van der Waals surface area (Å²) in [5, 5.41) is 11.2. The first-order chi connectivity index (χ1) is 12.0. The van der Waals surface area contributed by atoms with Gasteiger partial charge in [0.15, 0.2) is 21.8 Å². The second-order valence-electron chi connectivity index (χ2n) is 5.06. The number of hydrogen-bond donors (Lipinski definition) is 1. The zero-order valence-corrected chi connectivity index (χ0v) is 14.7. The Balaban J connectivity index is 1.59. The van der Waals surface area contributed by atoms with Crippen LogP contribution in [0.25, 0.3) is 0 Å². The lowest BCUT2D eigenvalue weighted by Gasteiger charge is -2.08. The maximum absolute atomic E-state index is 13.3. The Morgan fingerprint density at radius 1 is 1.32 bits per heavy atom. The minimum Gasteiger partial charge on any atom is -0.467 e. The largest absolute Gasteiger partial charge is 0.467 e. The number of nitrogens with zero attached hydrogens (tertiary/aromatic N) is 2. The summed E-state index contributed by atoms with van der Waals surface area (Å²) in [7, 11) is 0. The molecule has 0 radical (unpaired) electrons. The van der Waals surface area contributed by atoms with Crippen molar-refractivity contribution in [1.29, 1.82) is 0 Å². The van der Waals surface area contributed by atoms with Gasteiger partial charge in [0.05, 0.1) is 18.1 Å². The van der Waals surface area contributed by atoms with Crippen LogP contribution >= 0.6 is 23.1 Å². The third kappa shape index (κ3) is 4.43. The van der Waals surface area contributed by atoms with Crippen LogP contribution in [0.3, 0.4) is 0 Å². The fraction of sp³-hybridized carbons (Fsp3) is 0.188. The molecule has 0 aliphatic heterocycles. The SMILES string of the molecule is C[C@@H](Sc1nnc(NCc2ccco2)s1)C(=O)c1ccc(F)c(F)c1. The molecule has 0 spiro atoms. The molecule has 3 rings (SSSR count). The molecule has 5 nitrogen and oxygen atoms in total. The molecule has 0 aliphatic carbocycles. The number of halogens is 2. The summed E-state index contributed by atoms with van der Waals surface area (Å²) in [6.45, 7) is 2.17. The van der Waals surface area contributed by atoms with Crippen molar-refractivity contribution in [3.8, 4) is 0 Å². The fourth-order valence-electron chi connectivity index (χ4n) is 1.99. The summed E-state index contributed by atoms with van der Waals surface area (Å²) in [6.07, 6.45) is 1.59. The van der Waals surface area contributed by atoms with E-state index >= 15 is 0 Å². The lowest BCUT2D eigenvalue weighted by molar-refractivity contribution is 0.0993. The molecular weight excluding hydrogens is 368 g/mol. The average molecular weight is 381 g/mol. The molecule has 2 heterocycles. The standard InChI is InChI=1S/C16H13F2N3O2S2/c1-9(14(22)10-4-5-12(17)13(18)7-10)24-16-21-20-15(25-16)19-8-11-3-2-6-23-11/h2-7,9H,8H2,1H3,(H,19,20)/t9-/m1/s1. The molecule has 0 unspecified atom stereocenters. The summed E-state index contributed by atoms with van der Waals surface area (Å²) in [5.74, 6) is -1.55. The van der Waals surface area contributed by atoms with Crippen LogP contribution in [-0.2, 0) is 6.54 Å². The highest BCUT2D eigenvalue weighted by atomic mass is 32.2. The van der Waals surface area contributed by atoms with Crippen LogP contribution in [0.2, 0.25) is 0 Å². The number of rotatable bonds is 7. The highest BCUT2D eigenvalue weighted by molar-refractivity contribution is 8.02. The van der Waals surface area contributed by atoms with Gasteiger partial charge in [-0.05, 0) is 37.3 Å². The Morgan fingerprint density at radius 3 is 2.88 bits per heavy atom. The quantitative estimate of drug-likeness (QED) is 0.484. The Bertz CT molecular complexity index is 868. The molecule has 3 aromatic rings. The van der Waals surface area contributed by atoms with Crippen molar-refractivity contribution in [2.24, 2.45) is 0 Å². The molecule has 0 fully saturated rings. The fourth-order valence-corrected chi connectivity index (χ4v) is 3.96. The van der Waals surface area contributed by atoms with E-state index in [-0.39, 0.29) is 11.3 Å². The second kappa shape index (κ2) is 7.75. The molecule has 0 saturated heterocycles. The highest BCUT2D eigenvalue weighted by Gasteiger charge is 2.20. The molecule has 1 N–H and O–H groups in total. The van der Waals surface area contributed by atoms with E-state index in [4.69, 9.17) is 4.42 Å². The lowest BCUT2D eigenvalue weighted by Crippen LogP contribution is -2.13.